The first-order valence-electron chi connectivity index (χ1n) is 21.9. The molecule has 2 heterocycles. The second-order valence-corrected chi connectivity index (χ2v) is 10.9. The number of furan rings is 2. The van der Waals surface area contributed by atoms with Gasteiger partial charge in [0.25, 0.3) is 0 Å². The Morgan fingerprint density at radius 2 is 1.04 bits per heavy atom. The molecule has 0 saturated heterocycles. The summed E-state index contributed by atoms with van der Waals surface area (Å²) in [4.78, 5) is 0. The molecular weight excluding hydrogens is 560 g/mol. The van der Waals surface area contributed by atoms with Crippen LogP contribution in [0.5, 0.6) is 0 Å². The lowest BCUT2D eigenvalue weighted by Crippen LogP contribution is -1.91. The minimum absolute atomic E-state index is 0.0164. The third-order valence-electron chi connectivity index (χ3n) is 8.39. The molecule has 0 aliphatic carbocycles. The SMILES string of the molecule is [2H]c1c([2H])c([2H])c2c(-c3c4c([2H])c([2H])c([2H])c([2H])c4c(-c4ccc5c(c4)oc4cc6cc(-c7ccccc7)oc6cc45)c4c([2H])c([2H])c([2H])c([2H])c34)c([2H])c([2H])c([2H])c2c1[2H]. The van der Waals surface area contributed by atoms with Gasteiger partial charge in [0.1, 0.15) is 22.5 Å². The van der Waals surface area contributed by atoms with Crippen LogP contribution in [0.4, 0.5) is 0 Å². The maximum Gasteiger partial charge on any atom is 0.136 e. The van der Waals surface area contributed by atoms with Crippen molar-refractivity contribution in [3.63, 3.8) is 0 Å². The molecule has 0 spiro atoms. The van der Waals surface area contributed by atoms with Crippen molar-refractivity contribution in [1.82, 2.24) is 0 Å². The van der Waals surface area contributed by atoms with Crippen molar-refractivity contribution in [3.8, 4) is 33.6 Å². The normalized spacial score (nSPS) is 16.5. The van der Waals surface area contributed by atoms with E-state index in [-0.39, 0.29) is 38.2 Å². The summed E-state index contributed by atoms with van der Waals surface area (Å²) in [5.74, 6) is 0.673. The lowest BCUT2D eigenvalue weighted by Gasteiger charge is -2.18. The molecule has 0 amide bonds. The van der Waals surface area contributed by atoms with Crippen molar-refractivity contribution < 1.29 is 29.4 Å². The number of benzene rings is 8. The van der Waals surface area contributed by atoms with Crippen LogP contribution < -0.4 is 0 Å². The van der Waals surface area contributed by atoms with Crippen molar-refractivity contribution in [3.05, 3.63) is 157 Å². The van der Waals surface area contributed by atoms with Gasteiger partial charge >= 0.3 is 0 Å². The summed E-state index contributed by atoms with van der Waals surface area (Å²) in [6.45, 7) is 0. The van der Waals surface area contributed by atoms with Crippen molar-refractivity contribution in [1.29, 1.82) is 0 Å². The highest BCUT2D eigenvalue weighted by molar-refractivity contribution is 6.24. The Kier molecular flexibility index (Phi) is 3.11. The molecule has 8 aromatic carbocycles. The topological polar surface area (TPSA) is 26.3 Å². The second-order valence-electron chi connectivity index (χ2n) is 10.9. The van der Waals surface area contributed by atoms with Gasteiger partial charge in [-0.25, -0.2) is 0 Å². The first-order chi connectivity index (χ1) is 29.0. The molecule has 0 N–H and O–H groups in total. The highest BCUT2D eigenvalue weighted by Crippen LogP contribution is 2.46. The second kappa shape index (κ2) is 9.69. The van der Waals surface area contributed by atoms with E-state index in [1.165, 1.54) is 0 Å². The highest BCUT2D eigenvalue weighted by Gasteiger charge is 2.19. The van der Waals surface area contributed by atoms with Crippen molar-refractivity contribution in [2.75, 3.05) is 0 Å². The molecular formula is C44H26O2. The van der Waals surface area contributed by atoms with Gasteiger partial charge < -0.3 is 8.83 Å². The van der Waals surface area contributed by atoms with Gasteiger partial charge in [0.05, 0.1) is 20.6 Å². The van der Waals surface area contributed by atoms with Crippen LogP contribution in [0.1, 0.15) is 20.6 Å². The van der Waals surface area contributed by atoms with Gasteiger partial charge in [-0.05, 0) is 84.9 Å². The Bertz CT molecular complexity index is 3560. The smallest absolute Gasteiger partial charge is 0.136 e. The predicted molar refractivity (Wildman–Crippen MR) is 192 cm³/mol. The van der Waals surface area contributed by atoms with Crippen LogP contribution >= 0.6 is 0 Å². The van der Waals surface area contributed by atoms with Crippen molar-refractivity contribution in [2.24, 2.45) is 0 Å². The third kappa shape index (κ3) is 3.71. The molecule has 0 aliphatic rings. The number of fused-ring (bicyclic) bond motifs is 7. The van der Waals surface area contributed by atoms with E-state index in [1.807, 2.05) is 48.5 Å². The lowest BCUT2D eigenvalue weighted by molar-refractivity contribution is 0.631. The Hall–Kier alpha value is -6.12. The van der Waals surface area contributed by atoms with Crippen LogP contribution in [0.3, 0.4) is 0 Å². The molecule has 10 aromatic rings. The predicted octanol–water partition coefficient (Wildman–Crippen LogP) is 12.8. The maximum atomic E-state index is 9.34. The fourth-order valence-corrected chi connectivity index (χ4v) is 6.37. The maximum absolute atomic E-state index is 9.34. The zero-order chi connectivity index (χ0) is 43.2. The molecule has 2 nitrogen and oxygen atoms in total. The van der Waals surface area contributed by atoms with Crippen LogP contribution in [0, 0.1) is 0 Å². The summed E-state index contributed by atoms with van der Waals surface area (Å²) in [5.41, 5.74) is 1.77. The van der Waals surface area contributed by atoms with E-state index in [4.69, 9.17) is 22.5 Å². The molecule has 0 unspecified atom stereocenters. The summed E-state index contributed by atoms with van der Waals surface area (Å²) in [7, 11) is 0. The van der Waals surface area contributed by atoms with Crippen LogP contribution in [-0.2, 0) is 0 Å². The van der Waals surface area contributed by atoms with E-state index in [0.717, 1.165) is 10.9 Å². The van der Waals surface area contributed by atoms with E-state index < -0.39 is 107 Å². The number of rotatable bonds is 3. The minimum atomic E-state index is -0.766. The van der Waals surface area contributed by atoms with Gasteiger partial charge in [-0.1, -0.05) is 127 Å². The first kappa shape index (κ1) is 14.8. The summed E-state index contributed by atoms with van der Waals surface area (Å²) in [6.07, 6.45) is 0. The molecule has 0 aliphatic heterocycles. The zero-order valence-electron chi connectivity index (χ0n) is 38.7. The molecule has 0 fully saturated rings. The first-order valence-corrected chi connectivity index (χ1v) is 14.4. The standard InChI is InChI=1S/C44H26O2/c1-2-12-28(13-3-1)39-24-30-25-42-38(26-40(30)45-39)32-22-21-29(23-41(32)46-42)43-34-16-6-8-18-36(34)44(37-19-9-7-17-35(37)43)33-20-10-14-27-11-4-5-15-31(27)33/h1-26H/i4D,5D,6D,7D,8D,9D,10D,11D,14D,15D,16D,17D,18D,19D,20D. The average Bonchev–Trinajstić information content (AvgIpc) is 3.85. The largest absolute Gasteiger partial charge is 0.456 e. The highest BCUT2D eigenvalue weighted by atomic mass is 16.3. The molecule has 0 atom stereocenters. The van der Waals surface area contributed by atoms with Crippen LogP contribution in [-0.4, -0.2) is 0 Å². The van der Waals surface area contributed by atoms with Crippen molar-refractivity contribution >= 4 is 65.2 Å². The summed E-state index contributed by atoms with van der Waals surface area (Å²) >= 11 is 0. The quantitative estimate of drug-likeness (QED) is 0.188. The van der Waals surface area contributed by atoms with E-state index in [0.29, 0.717) is 33.3 Å². The van der Waals surface area contributed by atoms with E-state index in [2.05, 4.69) is 0 Å². The van der Waals surface area contributed by atoms with E-state index in [1.54, 1.807) is 18.2 Å². The Balaban J connectivity index is 1.38. The summed E-state index contributed by atoms with van der Waals surface area (Å²) < 4.78 is 146. The fourth-order valence-electron chi connectivity index (χ4n) is 6.37. The van der Waals surface area contributed by atoms with Crippen LogP contribution in [0.15, 0.2) is 166 Å². The zero-order valence-corrected chi connectivity index (χ0v) is 23.7. The molecule has 2 aromatic heterocycles. The summed E-state index contributed by atoms with van der Waals surface area (Å²) in [5, 5.41) is 0.222. The van der Waals surface area contributed by atoms with Gasteiger partial charge in [0.2, 0.25) is 0 Å². The van der Waals surface area contributed by atoms with Gasteiger partial charge in [-0.15, -0.1) is 0 Å². The van der Waals surface area contributed by atoms with E-state index in [9.17, 15) is 6.85 Å². The molecule has 0 radical (unpaired) electrons. The molecule has 46 heavy (non-hydrogen) atoms. The average molecular weight is 602 g/mol. The molecule has 2 heteroatoms. The fraction of sp³-hybridized carbons (Fsp3) is 0. The van der Waals surface area contributed by atoms with E-state index >= 15 is 0 Å². The van der Waals surface area contributed by atoms with Crippen molar-refractivity contribution in [2.45, 2.75) is 0 Å². The van der Waals surface area contributed by atoms with Crippen LogP contribution in [0.2, 0.25) is 0 Å². The Morgan fingerprint density at radius 1 is 0.391 bits per heavy atom. The Morgan fingerprint density at radius 3 is 1.80 bits per heavy atom. The molecule has 214 valence electrons. The molecule has 0 saturated carbocycles. The van der Waals surface area contributed by atoms with Gasteiger partial charge in [0, 0.05) is 21.7 Å². The molecule has 10 rings (SSSR count). The number of hydrogen-bond acceptors (Lipinski definition) is 2. The number of hydrogen-bond donors (Lipinski definition) is 0. The lowest BCUT2D eigenvalue weighted by atomic mass is 9.84. The van der Waals surface area contributed by atoms with Gasteiger partial charge in [-0.3, -0.25) is 0 Å². The Labute approximate surface area is 285 Å². The monoisotopic (exact) mass is 601 g/mol. The van der Waals surface area contributed by atoms with Gasteiger partial charge in [0.15, 0.2) is 0 Å². The minimum Gasteiger partial charge on any atom is -0.456 e. The molecule has 0 bridgehead atoms. The summed E-state index contributed by atoms with van der Waals surface area (Å²) in [6, 6.07) is 9.84. The van der Waals surface area contributed by atoms with Crippen LogP contribution in [0.25, 0.3) is 98.8 Å². The van der Waals surface area contributed by atoms with Gasteiger partial charge in [-0.2, -0.15) is 0 Å². The third-order valence-corrected chi connectivity index (χ3v) is 8.39.